The molecule has 2 heteroatoms. The predicted molar refractivity (Wildman–Crippen MR) is 78.8 cm³/mol. The third-order valence-corrected chi connectivity index (χ3v) is 4.22. The smallest absolute Gasteiger partial charge is 0.0198 e. The fourth-order valence-corrected chi connectivity index (χ4v) is 3.57. The van der Waals surface area contributed by atoms with Crippen molar-refractivity contribution in [3.05, 3.63) is 0 Å². The number of piperidine rings is 1. The molecule has 18 heavy (non-hydrogen) atoms. The largest absolute Gasteiger partial charge is 0.313 e. The van der Waals surface area contributed by atoms with Crippen molar-refractivity contribution in [3.63, 3.8) is 0 Å². The Morgan fingerprint density at radius 2 is 1.83 bits per heavy atom. The standard InChI is InChI=1S/C16H32N2/c1-5-17-15-8-14(9-16(2,3)4)11-18(12-15)10-13-6-7-13/h13-15,17H,5-12H2,1-4H3. The molecule has 2 unspecified atom stereocenters. The van der Waals surface area contributed by atoms with E-state index in [1.807, 2.05) is 0 Å². The van der Waals surface area contributed by atoms with Gasteiger partial charge >= 0.3 is 0 Å². The molecule has 1 aliphatic carbocycles. The zero-order chi connectivity index (χ0) is 13.2. The summed E-state index contributed by atoms with van der Waals surface area (Å²) in [6, 6.07) is 0.731. The Bertz CT molecular complexity index is 252. The summed E-state index contributed by atoms with van der Waals surface area (Å²) in [5.74, 6) is 1.92. The minimum atomic E-state index is 0.476. The van der Waals surface area contributed by atoms with Gasteiger partial charge in [0, 0.05) is 25.7 Å². The molecule has 0 radical (unpaired) electrons. The lowest BCUT2D eigenvalue weighted by Gasteiger charge is -2.40. The van der Waals surface area contributed by atoms with Crippen molar-refractivity contribution in [2.24, 2.45) is 17.3 Å². The second-order valence-electron chi connectivity index (χ2n) is 7.78. The van der Waals surface area contributed by atoms with Crippen molar-refractivity contribution in [1.82, 2.24) is 10.2 Å². The average Bonchev–Trinajstić information content (AvgIpc) is 2.98. The van der Waals surface area contributed by atoms with E-state index in [1.165, 1.54) is 45.3 Å². The number of nitrogens with zero attached hydrogens (tertiary/aromatic N) is 1. The van der Waals surface area contributed by atoms with Crippen molar-refractivity contribution in [2.45, 2.75) is 59.4 Å². The van der Waals surface area contributed by atoms with Crippen LogP contribution >= 0.6 is 0 Å². The number of likely N-dealkylation sites (tertiary alicyclic amines) is 1. The molecular weight excluding hydrogens is 220 g/mol. The Kier molecular flexibility index (Phi) is 4.71. The van der Waals surface area contributed by atoms with Gasteiger partial charge in [-0.15, -0.1) is 0 Å². The van der Waals surface area contributed by atoms with Crippen LogP contribution in [0.5, 0.6) is 0 Å². The van der Waals surface area contributed by atoms with Crippen LogP contribution in [-0.2, 0) is 0 Å². The maximum absolute atomic E-state index is 3.68. The van der Waals surface area contributed by atoms with E-state index in [4.69, 9.17) is 0 Å². The van der Waals surface area contributed by atoms with Gasteiger partial charge in [-0.25, -0.2) is 0 Å². The molecule has 106 valence electrons. The van der Waals surface area contributed by atoms with E-state index in [0.717, 1.165) is 24.4 Å². The summed E-state index contributed by atoms with van der Waals surface area (Å²) in [5.41, 5.74) is 0.476. The van der Waals surface area contributed by atoms with E-state index in [9.17, 15) is 0 Å². The van der Waals surface area contributed by atoms with Crippen LogP contribution in [0.4, 0.5) is 0 Å². The Hall–Kier alpha value is -0.0800. The van der Waals surface area contributed by atoms with Crippen LogP contribution in [0.25, 0.3) is 0 Å². The van der Waals surface area contributed by atoms with Crippen molar-refractivity contribution < 1.29 is 0 Å². The lowest BCUT2D eigenvalue weighted by Crippen LogP contribution is -2.50. The zero-order valence-electron chi connectivity index (χ0n) is 12.8. The van der Waals surface area contributed by atoms with E-state index in [2.05, 4.69) is 37.9 Å². The quantitative estimate of drug-likeness (QED) is 0.809. The van der Waals surface area contributed by atoms with E-state index in [-0.39, 0.29) is 0 Å². The summed E-state index contributed by atoms with van der Waals surface area (Å²) in [7, 11) is 0. The van der Waals surface area contributed by atoms with Gasteiger partial charge in [-0.05, 0) is 49.5 Å². The van der Waals surface area contributed by atoms with E-state index in [0.29, 0.717) is 5.41 Å². The van der Waals surface area contributed by atoms with Gasteiger partial charge in [-0.1, -0.05) is 27.7 Å². The highest BCUT2D eigenvalue weighted by Crippen LogP contribution is 2.34. The van der Waals surface area contributed by atoms with Crippen LogP contribution < -0.4 is 5.32 Å². The van der Waals surface area contributed by atoms with Gasteiger partial charge in [-0.3, -0.25) is 0 Å². The minimum Gasteiger partial charge on any atom is -0.313 e. The molecule has 1 N–H and O–H groups in total. The first-order valence-electron chi connectivity index (χ1n) is 7.92. The third-order valence-electron chi connectivity index (χ3n) is 4.22. The molecule has 0 amide bonds. The second-order valence-corrected chi connectivity index (χ2v) is 7.78. The third kappa shape index (κ3) is 4.89. The second kappa shape index (κ2) is 5.92. The average molecular weight is 252 g/mol. The summed E-state index contributed by atoms with van der Waals surface area (Å²) in [6.45, 7) is 14.5. The molecule has 2 nitrogen and oxygen atoms in total. The summed E-state index contributed by atoms with van der Waals surface area (Å²) >= 11 is 0. The molecule has 0 aromatic heterocycles. The molecular formula is C16H32N2. The van der Waals surface area contributed by atoms with Crippen LogP contribution in [0.15, 0.2) is 0 Å². The Morgan fingerprint density at radius 3 is 2.39 bits per heavy atom. The summed E-state index contributed by atoms with van der Waals surface area (Å²) < 4.78 is 0. The van der Waals surface area contributed by atoms with E-state index in [1.54, 1.807) is 0 Å². The fourth-order valence-electron chi connectivity index (χ4n) is 3.57. The van der Waals surface area contributed by atoms with Crippen LogP contribution in [0.1, 0.15) is 53.4 Å². The van der Waals surface area contributed by atoms with E-state index < -0.39 is 0 Å². The number of likely N-dealkylation sites (N-methyl/N-ethyl adjacent to an activating group) is 1. The fraction of sp³-hybridized carbons (Fsp3) is 1.00. The number of nitrogens with one attached hydrogen (secondary N) is 1. The monoisotopic (exact) mass is 252 g/mol. The SMILES string of the molecule is CCNC1CC(CC(C)(C)C)CN(CC2CC2)C1. The first kappa shape index (κ1) is 14.3. The molecule has 0 spiro atoms. The van der Waals surface area contributed by atoms with Gasteiger partial charge in [0.1, 0.15) is 0 Å². The zero-order valence-corrected chi connectivity index (χ0v) is 12.8. The predicted octanol–water partition coefficient (Wildman–Crippen LogP) is 3.13. The molecule has 1 saturated heterocycles. The van der Waals surface area contributed by atoms with Crippen molar-refractivity contribution in [2.75, 3.05) is 26.2 Å². The van der Waals surface area contributed by atoms with Crippen LogP contribution in [0.3, 0.4) is 0 Å². The molecule has 0 bridgehead atoms. The molecule has 0 aromatic rings. The summed E-state index contributed by atoms with van der Waals surface area (Å²) in [4.78, 5) is 2.74. The van der Waals surface area contributed by atoms with Crippen LogP contribution in [0, 0.1) is 17.3 Å². The molecule has 2 rings (SSSR count). The summed E-state index contributed by atoms with van der Waals surface area (Å²) in [6.07, 6.45) is 5.71. The molecule has 2 aliphatic rings. The highest BCUT2D eigenvalue weighted by atomic mass is 15.2. The van der Waals surface area contributed by atoms with Crippen LogP contribution in [-0.4, -0.2) is 37.1 Å². The summed E-state index contributed by atoms with van der Waals surface area (Å²) in [5, 5.41) is 3.68. The Balaban J connectivity index is 1.87. The highest BCUT2D eigenvalue weighted by Gasteiger charge is 2.32. The maximum Gasteiger partial charge on any atom is 0.0198 e. The lowest BCUT2D eigenvalue weighted by atomic mass is 9.80. The van der Waals surface area contributed by atoms with Gasteiger partial charge in [0.25, 0.3) is 0 Å². The minimum absolute atomic E-state index is 0.476. The Morgan fingerprint density at radius 1 is 1.11 bits per heavy atom. The topological polar surface area (TPSA) is 15.3 Å². The van der Waals surface area contributed by atoms with Gasteiger partial charge in [0.05, 0.1) is 0 Å². The molecule has 1 heterocycles. The van der Waals surface area contributed by atoms with E-state index >= 15 is 0 Å². The van der Waals surface area contributed by atoms with Gasteiger partial charge in [0.2, 0.25) is 0 Å². The molecule has 2 atom stereocenters. The normalized spacial score (nSPS) is 30.7. The van der Waals surface area contributed by atoms with Crippen LogP contribution in [0.2, 0.25) is 0 Å². The lowest BCUT2D eigenvalue weighted by molar-refractivity contribution is 0.111. The van der Waals surface area contributed by atoms with Gasteiger partial charge < -0.3 is 10.2 Å². The van der Waals surface area contributed by atoms with Crippen molar-refractivity contribution >= 4 is 0 Å². The van der Waals surface area contributed by atoms with Gasteiger partial charge in [0.15, 0.2) is 0 Å². The van der Waals surface area contributed by atoms with Crippen molar-refractivity contribution in [1.29, 1.82) is 0 Å². The highest BCUT2D eigenvalue weighted by molar-refractivity contribution is 4.88. The van der Waals surface area contributed by atoms with Gasteiger partial charge in [-0.2, -0.15) is 0 Å². The molecule has 0 aromatic carbocycles. The first-order valence-corrected chi connectivity index (χ1v) is 7.92. The number of hydrogen-bond acceptors (Lipinski definition) is 2. The molecule has 1 aliphatic heterocycles. The number of hydrogen-bond donors (Lipinski definition) is 1. The Labute approximate surface area is 114 Å². The maximum atomic E-state index is 3.68. The number of rotatable bonds is 5. The first-order chi connectivity index (χ1) is 8.46. The molecule has 2 fully saturated rings. The molecule has 1 saturated carbocycles. The van der Waals surface area contributed by atoms with Crippen molar-refractivity contribution in [3.8, 4) is 0 Å².